The smallest absolute Gasteiger partial charge is 0.246 e. The van der Waals surface area contributed by atoms with E-state index in [2.05, 4.69) is 10.3 Å². The normalized spacial score (nSPS) is 12.2. The number of sulfone groups is 1. The van der Waals surface area contributed by atoms with Crippen molar-refractivity contribution < 1.29 is 13.2 Å². The summed E-state index contributed by atoms with van der Waals surface area (Å²) >= 11 is 0. The number of aromatic nitrogens is 1. The van der Waals surface area contributed by atoms with Gasteiger partial charge in [0.25, 0.3) is 0 Å². The Bertz CT molecular complexity index is 535. The van der Waals surface area contributed by atoms with Gasteiger partial charge in [0, 0.05) is 19.0 Å². The molecular formula is C11H17N3O3S. The Hall–Kier alpha value is -1.47. The molecular weight excluding hydrogens is 254 g/mol. The predicted molar refractivity (Wildman–Crippen MR) is 69.7 cm³/mol. The number of hydrogen-bond donors (Lipinski definition) is 2. The van der Waals surface area contributed by atoms with Crippen molar-refractivity contribution in [3.63, 3.8) is 0 Å². The van der Waals surface area contributed by atoms with E-state index in [1.54, 1.807) is 12.1 Å². The van der Waals surface area contributed by atoms with E-state index in [1.807, 2.05) is 0 Å². The second kappa shape index (κ2) is 5.03. The van der Waals surface area contributed by atoms with E-state index in [1.165, 1.54) is 20.0 Å². The minimum absolute atomic E-state index is 0.300. The molecule has 1 heterocycles. The first kappa shape index (κ1) is 14.6. The lowest BCUT2D eigenvalue weighted by atomic mass is 10.2. The van der Waals surface area contributed by atoms with Gasteiger partial charge in [0.2, 0.25) is 5.91 Å². The van der Waals surface area contributed by atoms with Gasteiger partial charge in [-0.25, -0.2) is 13.4 Å². The molecule has 0 radical (unpaired) electrons. The molecule has 0 unspecified atom stereocenters. The number of carbonyl (C=O) groups excluding carboxylic acids is 1. The Morgan fingerprint density at radius 2 is 2.06 bits per heavy atom. The van der Waals surface area contributed by atoms with Gasteiger partial charge in [0.05, 0.1) is 0 Å². The Labute approximate surface area is 107 Å². The fraction of sp³-hybridized carbons (Fsp3) is 0.455. The van der Waals surface area contributed by atoms with Crippen LogP contribution in [0.25, 0.3) is 0 Å². The summed E-state index contributed by atoms with van der Waals surface area (Å²) in [6.45, 7) is 3.06. The van der Waals surface area contributed by atoms with Crippen LogP contribution in [0.4, 0.5) is 5.82 Å². The van der Waals surface area contributed by atoms with Gasteiger partial charge >= 0.3 is 0 Å². The predicted octanol–water partition coefficient (Wildman–Crippen LogP) is 0.302. The third-order valence-corrected chi connectivity index (χ3v) is 4.82. The van der Waals surface area contributed by atoms with Crippen LogP contribution in [0.15, 0.2) is 18.3 Å². The molecule has 1 aromatic rings. The van der Waals surface area contributed by atoms with E-state index in [0.717, 1.165) is 11.8 Å². The lowest BCUT2D eigenvalue weighted by Crippen LogP contribution is -2.44. The second-order valence-corrected chi connectivity index (χ2v) is 7.06. The average molecular weight is 271 g/mol. The van der Waals surface area contributed by atoms with Crippen LogP contribution in [0.3, 0.4) is 0 Å². The maximum Gasteiger partial charge on any atom is 0.246 e. The molecule has 3 N–H and O–H groups in total. The van der Waals surface area contributed by atoms with Crippen molar-refractivity contribution in [2.75, 3.05) is 11.6 Å². The number of hydrogen-bond acceptors (Lipinski definition) is 5. The maximum atomic E-state index is 11.9. The van der Waals surface area contributed by atoms with Crippen molar-refractivity contribution in [1.29, 1.82) is 0 Å². The zero-order valence-corrected chi connectivity index (χ0v) is 11.4. The molecule has 1 aromatic heterocycles. The highest BCUT2D eigenvalue weighted by atomic mass is 32.2. The number of carbonyl (C=O) groups is 1. The van der Waals surface area contributed by atoms with Gasteiger partial charge < -0.3 is 11.1 Å². The number of nitrogens with one attached hydrogen (secondary N) is 1. The van der Waals surface area contributed by atoms with Crippen molar-refractivity contribution in [1.82, 2.24) is 4.98 Å². The van der Waals surface area contributed by atoms with Crippen LogP contribution in [-0.2, 0) is 21.2 Å². The van der Waals surface area contributed by atoms with E-state index < -0.39 is 20.5 Å². The van der Waals surface area contributed by atoms with E-state index in [9.17, 15) is 13.2 Å². The Morgan fingerprint density at radius 3 is 2.44 bits per heavy atom. The average Bonchev–Trinajstić information content (AvgIpc) is 2.28. The highest BCUT2D eigenvalue weighted by Gasteiger charge is 2.38. The largest absolute Gasteiger partial charge is 0.326 e. The van der Waals surface area contributed by atoms with Crippen LogP contribution in [0.2, 0.25) is 0 Å². The van der Waals surface area contributed by atoms with Gasteiger partial charge in [-0.05, 0) is 25.5 Å². The van der Waals surface area contributed by atoms with Crippen LogP contribution < -0.4 is 11.1 Å². The first-order valence-corrected chi connectivity index (χ1v) is 7.23. The summed E-state index contributed by atoms with van der Waals surface area (Å²) in [6.07, 6.45) is 2.56. The summed E-state index contributed by atoms with van der Waals surface area (Å²) < 4.78 is 21.5. The van der Waals surface area contributed by atoms with E-state index in [4.69, 9.17) is 5.73 Å². The molecule has 0 aromatic carbocycles. The Morgan fingerprint density at radius 1 is 1.44 bits per heavy atom. The molecule has 0 spiro atoms. The Kier molecular flexibility index (Phi) is 4.08. The van der Waals surface area contributed by atoms with E-state index in [-0.39, 0.29) is 0 Å². The standard InChI is InChI=1S/C11H17N3O3S/c1-11(2,18(3,16)17)10(15)14-9-5-4-8(6-12)7-13-9/h4-5,7H,6,12H2,1-3H3,(H,13,14,15). The van der Waals surface area contributed by atoms with Crippen molar-refractivity contribution >= 4 is 21.6 Å². The monoisotopic (exact) mass is 271 g/mol. The molecule has 6 nitrogen and oxygen atoms in total. The highest BCUT2D eigenvalue weighted by molar-refractivity contribution is 7.92. The lowest BCUT2D eigenvalue weighted by Gasteiger charge is -2.21. The summed E-state index contributed by atoms with van der Waals surface area (Å²) in [5.74, 6) is -0.313. The molecule has 1 amide bonds. The zero-order valence-electron chi connectivity index (χ0n) is 10.6. The van der Waals surface area contributed by atoms with Crippen LogP contribution in [-0.4, -0.2) is 30.3 Å². The number of rotatable bonds is 4. The molecule has 1 rings (SSSR count). The fourth-order valence-electron chi connectivity index (χ4n) is 1.05. The third-order valence-electron chi connectivity index (χ3n) is 2.78. The topological polar surface area (TPSA) is 102 Å². The molecule has 18 heavy (non-hydrogen) atoms. The van der Waals surface area contributed by atoms with Crippen LogP contribution >= 0.6 is 0 Å². The number of pyridine rings is 1. The van der Waals surface area contributed by atoms with Gasteiger partial charge in [-0.2, -0.15) is 0 Å². The van der Waals surface area contributed by atoms with Gasteiger partial charge in [-0.3, -0.25) is 4.79 Å². The number of anilines is 1. The Balaban J connectivity index is 2.88. The van der Waals surface area contributed by atoms with Gasteiger partial charge in [0.15, 0.2) is 9.84 Å². The van der Waals surface area contributed by atoms with E-state index >= 15 is 0 Å². The van der Waals surface area contributed by atoms with Crippen molar-refractivity contribution in [2.45, 2.75) is 25.1 Å². The first-order valence-electron chi connectivity index (χ1n) is 5.34. The third kappa shape index (κ3) is 3.05. The summed E-state index contributed by atoms with van der Waals surface area (Å²) in [5, 5.41) is 2.47. The maximum absolute atomic E-state index is 11.9. The highest BCUT2D eigenvalue weighted by Crippen LogP contribution is 2.17. The molecule has 0 fully saturated rings. The molecule has 0 aliphatic rings. The fourth-order valence-corrected chi connectivity index (χ4v) is 1.44. The number of nitrogens with zero attached hydrogens (tertiary/aromatic N) is 1. The zero-order chi connectivity index (χ0) is 14.0. The minimum atomic E-state index is -3.49. The van der Waals surface area contributed by atoms with Crippen LogP contribution in [0, 0.1) is 0 Å². The minimum Gasteiger partial charge on any atom is -0.326 e. The first-order chi connectivity index (χ1) is 8.18. The molecule has 0 aliphatic carbocycles. The number of amides is 1. The molecule has 7 heteroatoms. The molecule has 0 saturated carbocycles. The summed E-state index contributed by atoms with van der Waals surface area (Å²) in [7, 11) is -3.49. The van der Waals surface area contributed by atoms with Crippen molar-refractivity contribution in [3.05, 3.63) is 23.9 Å². The molecule has 0 bridgehead atoms. The van der Waals surface area contributed by atoms with Crippen molar-refractivity contribution in [2.24, 2.45) is 5.73 Å². The van der Waals surface area contributed by atoms with Crippen LogP contribution in [0.5, 0.6) is 0 Å². The molecule has 0 saturated heterocycles. The van der Waals surface area contributed by atoms with Gasteiger partial charge in [-0.15, -0.1) is 0 Å². The quantitative estimate of drug-likeness (QED) is 0.820. The summed E-state index contributed by atoms with van der Waals surface area (Å²) in [4.78, 5) is 15.9. The SMILES string of the molecule is CC(C)(C(=O)Nc1ccc(CN)cn1)S(C)(=O)=O. The summed E-state index contributed by atoms with van der Waals surface area (Å²) in [5.41, 5.74) is 6.25. The number of nitrogens with two attached hydrogens (primary N) is 1. The lowest BCUT2D eigenvalue weighted by molar-refractivity contribution is -0.117. The van der Waals surface area contributed by atoms with Crippen LogP contribution in [0.1, 0.15) is 19.4 Å². The molecule has 100 valence electrons. The van der Waals surface area contributed by atoms with E-state index in [0.29, 0.717) is 12.4 Å². The summed E-state index contributed by atoms with van der Waals surface area (Å²) in [6, 6.07) is 3.30. The van der Waals surface area contributed by atoms with Crippen molar-refractivity contribution in [3.8, 4) is 0 Å². The molecule has 0 atom stereocenters. The second-order valence-electron chi connectivity index (χ2n) is 4.49. The van der Waals surface area contributed by atoms with Gasteiger partial charge in [0.1, 0.15) is 10.6 Å². The molecule has 0 aliphatic heterocycles. The van der Waals surface area contributed by atoms with Gasteiger partial charge in [-0.1, -0.05) is 6.07 Å².